The van der Waals surface area contributed by atoms with Crippen molar-refractivity contribution in [3.05, 3.63) is 58.3 Å². The first-order chi connectivity index (χ1) is 10.8. The number of rotatable bonds is 5. The highest BCUT2D eigenvalue weighted by Crippen LogP contribution is 2.22. The van der Waals surface area contributed by atoms with Crippen molar-refractivity contribution in [1.82, 2.24) is 5.32 Å². The minimum atomic E-state index is -0.765. The lowest BCUT2D eigenvalue weighted by molar-refractivity contribution is 0.0915. The number of nitrogens with one attached hydrogen (secondary N) is 1. The van der Waals surface area contributed by atoms with E-state index in [4.69, 9.17) is 4.42 Å². The summed E-state index contributed by atoms with van der Waals surface area (Å²) < 4.78 is 18.4. The Balaban J connectivity index is 2.00. The third kappa shape index (κ3) is 3.99. The Bertz CT molecular complexity index is 691. The Labute approximate surface area is 135 Å². The number of benzene rings is 1. The van der Waals surface area contributed by atoms with Crippen molar-refractivity contribution in [2.45, 2.75) is 46.3 Å². The van der Waals surface area contributed by atoms with Crippen LogP contribution in [0.25, 0.3) is 0 Å². The van der Waals surface area contributed by atoms with Crippen LogP contribution in [0, 0.1) is 26.6 Å². The van der Waals surface area contributed by atoms with Gasteiger partial charge in [-0.3, -0.25) is 4.79 Å². The molecular weight excluding hydrogens is 297 g/mol. The number of aryl methyl sites for hydroxylation is 2. The van der Waals surface area contributed by atoms with E-state index in [0.717, 1.165) is 11.3 Å². The molecule has 2 rings (SSSR count). The van der Waals surface area contributed by atoms with E-state index in [1.807, 2.05) is 20.8 Å². The van der Waals surface area contributed by atoms with Crippen molar-refractivity contribution < 1.29 is 18.7 Å². The zero-order chi connectivity index (χ0) is 17.1. The number of carbonyl (C=O) groups is 1. The lowest BCUT2D eigenvalue weighted by Gasteiger charge is -2.18. The highest BCUT2D eigenvalue weighted by molar-refractivity contribution is 5.97. The van der Waals surface area contributed by atoms with E-state index in [9.17, 15) is 14.3 Å². The van der Waals surface area contributed by atoms with Crippen molar-refractivity contribution in [1.29, 1.82) is 0 Å². The molecule has 0 fully saturated rings. The minimum Gasteiger partial charge on any atom is -0.466 e. The molecule has 0 spiro atoms. The van der Waals surface area contributed by atoms with Crippen LogP contribution in [0.3, 0.4) is 0 Å². The van der Waals surface area contributed by atoms with E-state index in [2.05, 4.69) is 5.32 Å². The molecule has 2 unspecified atom stereocenters. The number of aliphatic hydroxyl groups is 1. The third-order valence-corrected chi connectivity index (χ3v) is 4.00. The molecule has 1 aromatic carbocycles. The summed E-state index contributed by atoms with van der Waals surface area (Å²) in [6.07, 6.45) is -0.425. The lowest BCUT2D eigenvalue weighted by Crippen LogP contribution is -2.34. The zero-order valence-electron chi connectivity index (χ0n) is 13.8. The second kappa shape index (κ2) is 6.96. The second-order valence-corrected chi connectivity index (χ2v) is 5.89. The van der Waals surface area contributed by atoms with Crippen LogP contribution in [-0.2, 0) is 0 Å². The molecule has 124 valence electrons. The Kier molecular flexibility index (Phi) is 5.21. The van der Waals surface area contributed by atoms with E-state index in [1.54, 1.807) is 19.1 Å². The van der Waals surface area contributed by atoms with Crippen LogP contribution in [0.2, 0.25) is 0 Å². The number of amides is 1. The topological polar surface area (TPSA) is 62.5 Å². The molecule has 0 radical (unpaired) electrons. The predicted molar refractivity (Wildman–Crippen MR) is 85.8 cm³/mol. The third-order valence-electron chi connectivity index (χ3n) is 4.00. The monoisotopic (exact) mass is 319 g/mol. The van der Waals surface area contributed by atoms with Crippen molar-refractivity contribution in [3.63, 3.8) is 0 Å². The van der Waals surface area contributed by atoms with Gasteiger partial charge in [-0.15, -0.1) is 0 Å². The molecule has 0 bridgehead atoms. The molecule has 1 amide bonds. The quantitative estimate of drug-likeness (QED) is 0.885. The summed E-state index contributed by atoms with van der Waals surface area (Å²) in [5, 5.41) is 13.1. The van der Waals surface area contributed by atoms with Crippen molar-refractivity contribution in [3.8, 4) is 0 Å². The molecule has 2 N–H and O–H groups in total. The van der Waals surface area contributed by atoms with Crippen LogP contribution in [0.1, 0.15) is 52.5 Å². The normalized spacial score (nSPS) is 13.7. The van der Waals surface area contributed by atoms with Crippen LogP contribution < -0.4 is 5.32 Å². The van der Waals surface area contributed by atoms with Crippen LogP contribution >= 0.6 is 0 Å². The number of hydrogen-bond donors (Lipinski definition) is 2. The predicted octanol–water partition coefficient (Wildman–Crippen LogP) is 3.59. The fourth-order valence-corrected chi connectivity index (χ4v) is 2.64. The summed E-state index contributed by atoms with van der Waals surface area (Å²) in [4.78, 5) is 12.4. The average Bonchev–Trinajstić information content (AvgIpc) is 2.72. The average molecular weight is 319 g/mol. The number of furan rings is 1. The first-order valence-electron chi connectivity index (χ1n) is 7.60. The van der Waals surface area contributed by atoms with Crippen LogP contribution in [0.15, 0.2) is 28.7 Å². The zero-order valence-corrected chi connectivity index (χ0v) is 13.8. The number of carbonyl (C=O) groups excluding carboxylic acids is 1. The van der Waals surface area contributed by atoms with E-state index in [0.29, 0.717) is 23.3 Å². The van der Waals surface area contributed by atoms with Crippen molar-refractivity contribution in [2.75, 3.05) is 0 Å². The highest BCUT2D eigenvalue weighted by Gasteiger charge is 2.21. The minimum absolute atomic E-state index is 0.212. The number of hydrogen-bond acceptors (Lipinski definition) is 3. The first-order valence-corrected chi connectivity index (χ1v) is 7.60. The van der Waals surface area contributed by atoms with Gasteiger partial charge in [0.15, 0.2) is 0 Å². The smallest absolute Gasteiger partial charge is 0.255 e. The molecule has 4 nitrogen and oxygen atoms in total. The summed E-state index contributed by atoms with van der Waals surface area (Å²) >= 11 is 0. The maximum Gasteiger partial charge on any atom is 0.255 e. The molecule has 0 saturated heterocycles. The molecule has 1 aromatic heterocycles. The molecule has 5 heteroatoms. The maximum atomic E-state index is 12.9. The fourth-order valence-electron chi connectivity index (χ4n) is 2.64. The Morgan fingerprint density at radius 3 is 2.35 bits per heavy atom. The Morgan fingerprint density at radius 1 is 1.22 bits per heavy atom. The summed E-state index contributed by atoms with van der Waals surface area (Å²) in [6.45, 7) is 7.24. The van der Waals surface area contributed by atoms with E-state index >= 15 is 0 Å². The summed E-state index contributed by atoms with van der Waals surface area (Å²) in [7, 11) is 0. The van der Waals surface area contributed by atoms with E-state index in [1.165, 1.54) is 12.1 Å². The highest BCUT2D eigenvalue weighted by atomic mass is 19.1. The van der Waals surface area contributed by atoms with Crippen molar-refractivity contribution >= 4 is 5.91 Å². The largest absolute Gasteiger partial charge is 0.466 e. The molecule has 0 aliphatic carbocycles. The van der Waals surface area contributed by atoms with Gasteiger partial charge in [0.05, 0.1) is 11.7 Å². The number of aliphatic hydroxyl groups excluding tert-OH is 1. The lowest BCUT2D eigenvalue weighted by atomic mass is 10.0. The van der Waals surface area contributed by atoms with Gasteiger partial charge < -0.3 is 14.8 Å². The Morgan fingerprint density at radius 2 is 1.83 bits per heavy atom. The maximum absolute atomic E-state index is 12.9. The second-order valence-electron chi connectivity index (χ2n) is 5.89. The molecule has 1 heterocycles. The fraction of sp³-hybridized carbons (Fsp3) is 0.389. The van der Waals surface area contributed by atoms with Crippen molar-refractivity contribution in [2.24, 2.45) is 0 Å². The molecule has 23 heavy (non-hydrogen) atoms. The Hall–Kier alpha value is -2.14. The summed E-state index contributed by atoms with van der Waals surface area (Å²) in [6, 6.07) is 5.47. The molecule has 0 saturated carbocycles. The van der Waals surface area contributed by atoms with Crippen LogP contribution in [-0.4, -0.2) is 17.1 Å². The van der Waals surface area contributed by atoms with Gasteiger partial charge in [0.2, 0.25) is 0 Å². The van der Waals surface area contributed by atoms with Gasteiger partial charge in [0.1, 0.15) is 17.3 Å². The standard InChI is InChI=1S/C18H22FNO3/c1-10(9-16(21)14-5-7-15(19)8-6-14)20-18(22)17-11(2)12(3)23-13(17)4/h5-8,10,16,21H,9H2,1-4H3,(H,20,22). The van der Waals surface area contributed by atoms with Gasteiger partial charge in [0.25, 0.3) is 5.91 Å². The van der Waals surface area contributed by atoms with Gasteiger partial charge in [-0.1, -0.05) is 12.1 Å². The molecule has 0 aliphatic rings. The molecule has 2 atom stereocenters. The summed E-state index contributed by atoms with van der Waals surface area (Å²) in [5.74, 6) is 0.759. The van der Waals surface area contributed by atoms with E-state index < -0.39 is 6.10 Å². The van der Waals surface area contributed by atoms with Gasteiger partial charge in [-0.25, -0.2) is 4.39 Å². The summed E-state index contributed by atoms with van der Waals surface area (Å²) in [5.41, 5.74) is 2.00. The SMILES string of the molecule is Cc1oc(C)c(C(=O)NC(C)CC(O)c2ccc(F)cc2)c1C. The van der Waals surface area contributed by atoms with E-state index in [-0.39, 0.29) is 17.8 Å². The molecule has 2 aromatic rings. The van der Waals surface area contributed by atoms with Gasteiger partial charge in [-0.05, 0) is 51.8 Å². The first kappa shape index (κ1) is 17.2. The van der Waals surface area contributed by atoms with Gasteiger partial charge in [0, 0.05) is 11.6 Å². The molecular formula is C18H22FNO3. The van der Waals surface area contributed by atoms with Gasteiger partial charge >= 0.3 is 0 Å². The van der Waals surface area contributed by atoms with Crippen LogP contribution in [0.5, 0.6) is 0 Å². The van der Waals surface area contributed by atoms with Gasteiger partial charge in [-0.2, -0.15) is 0 Å². The van der Waals surface area contributed by atoms with Crippen LogP contribution in [0.4, 0.5) is 4.39 Å². The molecule has 0 aliphatic heterocycles. The number of halogens is 1.